The number of benzene rings is 3. The summed E-state index contributed by atoms with van der Waals surface area (Å²) in [7, 11) is -1.82. The molecule has 1 fully saturated rings. The van der Waals surface area contributed by atoms with E-state index in [9.17, 15) is 13.2 Å². The molecule has 11 nitrogen and oxygen atoms in total. The Hall–Kier alpha value is -4.50. The fourth-order valence-corrected chi connectivity index (χ4v) is 7.83. The molecular weight excluding hydrogens is 679 g/mol. The van der Waals surface area contributed by atoms with Crippen LogP contribution in [0.25, 0.3) is 0 Å². The fraction of sp³-hybridized carbons (Fsp3) is 0.382. The standard InChI is InChI=1S/C34H38F2N4O7S2/c1-34(2,3)47-33(41)39-14-13-26(22-9-7-6-8-10-22)24(18-39)20-46-30-16-28(36)31(17-27(30)35)49(42,43)40(32-37-21-38-48-32)19-23-11-12-25(44-4)15-29(23)45-5/h6-12,15-17,21,24,26H,13-14,18-20H2,1-5H3/t24-,26-/m0/s1. The molecule has 0 radical (unpaired) electrons. The van der Waals surface area contributed by atoms with Crippen molar-refractivity contribution in [1.82, 2.24) is 14.3 Å². The predicted molar refractivity (Wildman–Crippen MR) is 180 cm³/mol. The van der Waals surface area contributed by atoms with Gasteiger partial charge in [-0.15, -0.1) is 0 Å². The Morgan fingerprint density at radius 3 is 2.43 bits per heavy atom. The summed E-state index contributed by atoms with van der Waals surface area (Å²) >= 11 is 0.776. The largest absolute Gasteiger partial charge is 0.497 e. The first-order valence-electron chi connectivity index (χ1n) is 15.5. The van der Waals surface area contributed by atoms with Crippen molar-refractivity contribution in [3.8, 4) is 17.2 Å². The highest BCUT2D eigenvalue weighted by Crippen LogP contribution is 2.37. The highest BCUT2D eigenvalue weighted by Gasteiger charge is 2.36. The van der Waals surface area contributed by atoms with Gasteiger partial charge in [-0.25, -0.2) is 31.3 Å². The summed E-state index contributed by atoms with van der Waals surface area (Å²) in [6, 6.07) is 15.8. The number of carbonyl (C=O) groups excluding carboxylic acids is 1. The van der Waals surface area contributed by atoms with Crippen LogP contribution in [-0.4, -0.2) is 68.3 Å². The maximum atomic E-state index is 15.7. The Balaban J connectivity index is 1.40. The third-order valence-electron chi connectivity index (χ3n) is 7.99. The molecule has 1 aromatic heterocycles. The lowest BCUT2D eigenvalue weighted by Gasteiger charge is -2.39. The van der Waals surface area contributed by atoms with Crippen molar-refractivity contribution in [3.63, 3.8) is 0 Å². The van der Waals surface area contributed by atoms with Crippen molar-refractivity contribution in [2.24, 2.45) is 5.92 Å². The number of halogens is 2. The van der Waals surface area contributed by atoms with E-state index >= 15 is 8.78 Å². The van der Waals surface area contributed by atoms with E-state index in [1.807, 2.05) is 30.3 Å². The van der Waals surface area contributed by atoms with Crippen LogP contribution in [0.4, 0.5) is 18.7 Å². The summed E-state index contributed by atoms with van der Waals surface area (Å²) in [5.74, 6) is -2.29. The topological polar surface area (TPSA) is 120 Å². The normalized spacial score (nSPS) is 16.6. The number of nitrogens with zero attached hydrogens (tertiary/aromatic N) is 4. The summed E-state index contributed by atoms with van der Waals surface area (Å²) < 4.78 is 86.1. The average Bonchev–Trinajstić information content (AvgIpc) is 3.61. The monoisotopic (exact) mass is 716 g/mol. The Morgan fingerprint density at radius 1 is 1.02 bits per heavy atom. The van der Waals surface area contributed by atoms with Gasteiger partial charge in [-0.1, -0.05) is 30.3 Å². The molecule has 1 saturated heterocycles. The second-order valence-corrected chi connectivity index (χ2v) is 15.0. The first-order valence-corrected chi connectivity index (χ1v) is 17.7. The van der Waals surface area contributed by atoms with Crippen molar-refractivity contribution < 1.29 is 40.9 Å². The number of sulfonamides is 1. The second kappa shape index (κ2) is 14.9. The third-order valence-corrected chi connectivity index (χ3v) is 10.5. The molecule has 262 valence electrons. The average molecular weight is 717 g/mol. The molecule has 0 unspecified atom stereocenters. The molecule has 1 aliphatic heterocycles. The molecule has 15 heteroatoms. The first kappa shape index (κ1) is 35.8. The van der Waals surface area contributed by atoms with Gasteiger partial charge in [0.25, 0.3) is 10.0 Å². The lowest BCUT2D eigenvalue weighted by Crippen LogP contribution is -2.46. The zero-order valence-corrected chi connectivity index (χ0v) is 29.4. The minimum absolute atomic E-state index is 0.0390. The van der Waals surface area contributed by atoms with Gasteiger partial charge < -0.3 is 23.8 Å². The number of aromatic nitrogens is 2. The van der Waals surface area contributed by atoms with E-state index in [1.54, 1.807) is 43.9 Å². The number of piperidine rings is 1. The number of carbonyl (C=O) groups is 1. The summed E-state index contributed by atoms with van der Waals surface area (Å²) in [5.41, 5.74) is 0.760. The number of anilines is 1. The molecule has 1 aliphatic rings. The van der Waals surface area contributed by atoms with E-state index in [2.05, 4.69) is 9.36 Å². The van der Waals surface area contributed by atoms with Gasteiger partial charge in [0.05, 0.1) is 27.4 Å². The van der Waals surface area contributed by atoms with Crippen LogP contribution in [0.5, 0.6) is 17.2 Å². The zero-order valence-electron chi connectivity index (χ0n) is 27.8. The number of ether oxygens (including phenoxy) is 4. The van der Waals surface area contributed by atoms with E-state index in [0.717, 1.165) is 27.5 Å². The summed E-state index contributed by atoms with van der Waals surface area (Å²) in [6.07, 6.45) is 1.30. The molecular formula is C34H38F2N4O7S2. The van der Waals surface area contributed by atoms with E-state index < -0.39 is 44.0 Å². The Morgan fingerprint density at radius 2 is 1.78 bits per heavy atom. The van der Waals surface area contributed by atoms with Crippen LogP contribution < -0.4 is 18.5 Å². The lowest BCUT2D eigenvalue weighted by molar-refractivity contribution is 0.0110. The van der Waals surface area contributed by atoms with Crippen LogP contribution in [0.3, 0.4) is 0 Å². The Labute approximate surface area is 288 Å². The minimum atomic E-state index is -4.72. The van der Waals surface area contributed by atoms with Crippen LogP contribution in [0.15, 0.2) is 71.9 Å². The molecule has 2 atom stereocenters. The molecule has 2 heterocycles. The van der Waals surface area contributed by atoms with E-state index in [0.29, 0.717) is 36.1 Å². The van der Waals surface area contributed by atoms with Gasteiger partial charge in [0.2, 0.25) is 5.13 Å². The number of rotatable bonds is 11. The summed E-state index contributed by atoms with van der Waals surface area (Å²) in [6.45, 7) is 5.67. The van der Waals surface area contributed by atoms with Gasteiger partial charge in [-0.2, -0.15) is 4.37 Å². The predicted octanol–water partition coefficient (Wildman–Crippen LogP) is 6.65. The van der Waals surface area contributed by atoms with Gasteiger partial charge in [-0.3, -0.25) is 0 Å². The highest BCUT2D eigenvalue weighted by atomic mass is 32.2. The smallest absolute Gasteiger partial charge is 0.410 e. The first-order chi connectivity index (χ1) is 23.3. The zero-order chi connectivity index (χ0) is 35.3. The van der Waals surface area contributed by atoms with E-state index in [4.69, 9.17) is 18.9 Å². The quantitative estimate of drug-likeness (QED) is 0.168. The van der Waals surface area contributed by atoms with Crippen LogP contribution in [-0.2, 0) is 21.3 Å². The molecule has 4 aromatic rings. The Bertz CT molecular complexity index is 1860. The molecule has 0 spiro atoms. The third kappa shape index (κ3) is 8.39. The minimum Gasteiger partial charge on any atom is -0.497 e. The SMILES string of the molecule is COc1ccc(CN(c2ncns2)S(=O)(=O)c2cc(F)c(OC[C@@H]3CN(C(=O)OC(C)(C)C)CC[C@H]3c3ccccc3)cc2F)c(OC)c1. The molecule has 49 heavy (non-hydrogen) atoms. The van der Waals surface area contributed by atoms with Crippen LogP contribution in [0.2, 0.25) is 0 Å². The van der Waals surface area contributed by atoms with Crippen LogP contribution in [0.1, 0.15) is 44.2 Å². The van der Waals surface area contributed by atoms with Gasteiger partial charge >= 0.3 is 6.09 Å². The maximum absolute atomic E-state index is 15.7. The molecule has 0 N–H and O–H groups in total. The van der Waals surface area contributed by atoms with E-state index in [-0.39, 0.29) is 36.7 Å². The molecule has 0 saturated carbocycles. The number of likely N-dealkylation sites (tertiary alicyclic amines) is 1. The molecule has 3 aromatic carbocycles. The molecule has 5 rings (SSSR count). The second-order valence-electron chi connectivity index (χ2n) is 12.4. The number of methoxy groups -OCH3 is 2. The Kier molecular flexibility index (Phi) is 10.9. The van der Waals surface area contributed by atoms with Gasteiger partial charge in [0, 0.05) is 54.3 Å². The van der Waals surface area contributed by atoms with Crippen molar-refractivity contribution >= 4 is 32.8 Å². The molecule has 0 aliphatic carbocycles. The summed E-state index contributed by atoms with van der Waals surface area (Å²) in [4.78, 5) is 17.6. The van der Waals surface area contributed by atoms with Gasteiger partial charge in [0.1, 0.15) is 34.1 Å². The molecule has 1 amide bonds. The maximum Gasteiger partial charge on any atom is 0.410 e. The van der Waals surface area contributed by atoms with Gasteiger partial charge in [0.15, 0.2) is 11.6 Å². The van der Waals surface area contributed by atoms with E-state index in [1.165, 1.54) is 20.5 Å². The summed E-state index contributed by atoms with van der Waals surface area (Å²) in [5, 5.41) is -0.0585. The lowest BCUT2D eigenvalue weighted by atomic mass is 9.81. The van der Waals surface area contributed by atoms with Crippen molar-refractivity contribution in [2.75, 3.05) is 38.2 Å². The van der Waals surface area contributed by atoms with Crippen molar-refractivity contribution in [1.29, 1.82) is 0 Å². The van der Waals surface area contributed by atoms with Gasteiger partial charge in [-0.05, 0) is 50.8 Å². The van der Waals surface area contributed by atoms with Crippen LogP contribution >= 0.6 is 11.5 Å². The number of hydrogen-bond acceptors (Lipinski definition) is 10. The highest BCUT2D eigenvalue weighted by molar-refractivity contribution is 7.93. The number of hydrogen-bond donors (Lipinski definition) is 0. The fourth-order valence-electron chi connectivity index (χ4n) is 5.64. The van der Waals surface area contributed by atoms with Crippen molar-refractivity contribution in [2.45, 2.75) is 50.2 Å². The van der Waals surface area contributed by atoms with Crippen LogP contribution in [0, 0.1) is 17.6 Å². The van der Waals surface area contributed by atoms with Crippen molar-refractivity contribution in [3.05, 3.63) is 89.8 Å². The number of amides is 1. The molecule has 0 bridgehead atoms.